The molecule has 3 rings (SSSR count). The number of carboxylic acids is 1. The van der Waals surface area contributed by atoms with Gasteiger partial charge in [-0.1, -0.05) is 49.0 Å². The Bertz CT molecular complexity index is 814. The lowest BCUT2D eigenvalue weighted by molar-refractivity contribution is -0.157. The van der Waals surface area contributed by atoms with Crippen LogP contribution >= 0.6 is 23.5 Å². The highest BCUT2D eigenvalue weighted by Gasteiger charge is 2.58. The lowest BCUT2D eigenvalue weighted by Crippen LogP contribution is -2.61. The Morgan fingerprint density at radius 2 is 2.03 bits per heavy atom. The van der Waals surface area contributed by atoms with E-state index in [1.807, 2.05) is 30.3 Å². The number of carboxylic acid groups (broad SMARTS) is 1. The second kappa shape index (κ2) is 9.69. The van der Waals surface area contributed by atoms with Crippen molar-refractivity contribution in [2.75, 3.05) is 5.75 Å². The summed E-state index contributed by atoms with van der Waals surface area (Å²) in [5, 5.41) is 22.1. The fourth-order valence-electron chi connectivity index (χ4n) is 3.30. The summed E-state index contributed by atoms with van der Waals surface area (Å²) in [6.45, 7) is 2.28. The largest absolute Gasteiger partial charge is 0.477 e. The molecule has 1 aromatic carbocycles. The molecule has 1 saturated heterocycles. The number of rotatable bonds is 10. The first-order valence-corrected chi connectivity index (χ1v) is 11.4. The summed E-state index contributed by atoms with van der Waals surface area (Å²) in [7, 11) is 0. The molecule has 7 nitrogen and oxygen atoms in total. The molecule has 3 N–H and O–H groups in total. The lowest BCUT2D eigenvalue weighted by Gasteiger charge is -2.44. The van der Waals surface area contributed by atoms with Gasteiger partial charge < -0.3 is 15.5 Å². The molecule has 9 heteroatoms. The first-order chi connectivity index (χ1) is 13.9. The van der Waals surface area contributed by atoms with Crippen LogP contribution in [0.5, 0.6) is 0 Å². The van der Waals surface area contributed by atoms with E-state index < -0.39 is 18.0 Å². The van der Waals surface area contributed by atoms with Crippen LogP contribution in [-0.4, -0.2) is 50.1 Å². The zero-order chi connectivity index (χ0) is 21.0. The number of aliphatic hydroxyl groups excluding tert-OH is 1. The Morgan fingerprint density at radius 3 is 2.69 bits per heavy atom. The highest BCUT2D eigenvalue weighted by Crippen LogP contribution is 2.54. The number of aliphatic hydroxyl groups is 1. The van der Waals surface area contributed by atoms with Crippen molar-refractivity contribution in [3.05, 3.63) is 45.8 Å². The van der Waals surface area contributed by atoms with Crippen molar-refractivity contribution in [3.63, 3.8) is 0 Å². The normalized spacial score (nSPS) is 21.6. The van der Waals surface area contributed by atoms with Gasteiger partial charge in [0.05, 0.1) is 16.3 Å². The Hall–Kier alpha value is -1.97. The third-order valence-electron chi connectivity index (χ3n) is 4.90. The zero-order valence-corrected chi connectivity index (χ0v) is 17.7. The summed E-state index contributed by atoms with van der Waals surface area (Å²) >= 11 is 2.68. The van der Waals surface area contributed by atoms with E-state index in [4.69, 9.17) is 0 Å². The van der Waals surface area contributed by atoms with Gasteiger partial charge in [0, 0.05) is 13.0 Å². The molecule has 0 aromatic heterocycles. The van der Waals surface area contributed by atoms with Crippen molar-refractivity contribution < 1.29 is 24.6 Å². The van der Waals surface area contributed by atoms with Crippen LogP contribution in [0.15, 0.2) is 40.3 Å². The number of fused-ring (bicyclic) bond motifs is 1. The van der Waals surface area contributed by atoms with E-state index in [1.165, 1.54) is 28.4 Å². The Labute approximate surface area is 177 Å². The van der Waals surface area contributed by atoms with Crippen LogP contribution in [0.3, 0.4) is 0 Å². The third-order valence-corrected chi connectivity index (χ3v) is 7.64. The highest BCUT2D eigenvalue weighted by atomic mass is 32.2. The maximum Gasteiger partial charge on any atom is 0.354 e. The number of thioether (sulfide) groups is 2. The second-order valence-corrected chi connectivity index (χ2v) is 9.36. The molecule has 0 aliphatic carbocycles. The molecule has 2 amide bonds. The average Bonchev–Trinajstić information content (AvgIpc) is 3.05. The van der Waals surface area contributed by atoms with Crippen molar-refractivity contribution in [3.8, 4) is 0 Å². The summed E-state index contributed by atoms with van der Waals surface area (Å²) in [6, 6.07) is 9.65. The van der Waals surface area contributed by atoms with Crippen LogP contribution in [0.1, 0.15) is 31.7 Å². The molecule has 0 bridgehead atoms. The van der Waals surface area contributed by atoms with Gasteiger partial charge in [-0.2, -0.15) is 0 Å². The van der Waals surface area contributed by atoms with Gasteiger partial charge in [-0.25, -0.2) is 4.79 Å². The molecular weight excluding hydrogens is 412 g/mol. The van der Waals surface area contributed by atoms with Gasteiger partial charge in [0.1, 0.15) is 5.37 Å². The Morgan fingerprint density at radius 1 is 1.31 bits per heavy atom. The Kier molecular flexibility index (Phi) is 7.26. The molecule has 2 aliphatic rings. The summed E-state index contributed by atoms with van der Waals surface area (Å²) in [5.41, 5.74) is 1.04. The number of nitrogens with one attached hydrogen (secondary N) is 1. The molecule has 156 valence electrons. The summed E-state index contributed by atoms with van der Waals surface area (Å²) in [5.74, 6) is -1.49. The van der Waals surface area contributed by atoms with E-state index in [-0.39, 0.29) is 22.9 Å². The fraction of sp³-hybridized carbons (Fsp3) is 0.450. The van der Waals surface area contributed by atoms with Crippen molar-refractivity contribution in [1.82, 2.24) is 10.2 Å². The number of β-lactam (4-membered cyclic amide) rings is 1. The van der Waals surface area contributed by atoms with Crippen LogP contribution < -0.4 is 5.32 Å². The van der Waals surface area contributed by atoms with Gasteiger partial charge in [0.2, 0.25) is 11.8 Å². The number of aliphatic carboxylic acids is 1. The van der Waals surface area contributed by atoms with Crippen molar-refractivity contribution in [1.29, 1.82) is 0 Å². The molecule has 3 unspecified atom stereocenters. The van der Waals surface area contributed by atoms with Gasteiger partial charge in [-0.05, 0) is 24.2 Å². The average molecular weight is 437 g/mol. The third kappa shape index (κ3) is 4.79. The summed E-state index contributed by atoms with van der Waals surface area (Å²) in [4.78, 5) is 37.2. The molecule has 1 fully saturated rings. The smallest absolute Gasteiger partial charge is 0.354 e. The van der Waals surface area contributed by atoms with Gasteiger partial charge in [-0.15, -0.1) is 11.8 Å². The monoisotopic (exact) mass is 436 g/mol. The molecular formula is C20H24N2O5S2. The van der Waals surface area contributed by atoms with Crippen molar-refractivity contribution in [2.24, 2.45) is 5.92 Å². The number of hydrogen-bond donors (Lipinski definition) is 3. The molecule has 2 aliphatic heterocycles. The van der Waals surface area contributed by atoms with Crippen LogP contribution in [0, 0.1) is 5.92 Å². The minimum atomic E-state index is -1.14. The number of amides is 2. The van der Waals surface area contributed by atoms with E-state index >= 15 is 0 Å². The van der Waals surface area contributed by atoms with Crippen LogP contribution in [0.2, 0.25) is 0 Å². The first kappa shape index (κ1) is 21.7. The molecule has 0 radical (unpaired) electrons. The standard InChI is InChI=1S/C20H24N2O5S2/c1-2-13(23)15-17(25)22-16(19(26)27)20(29-18(15)22)28-10-6-9-14(24)21-11-12-7-4-3-5-8-12/h3-5,7-8,13,15,18,23H,2,6,9-11H2,1H3,(H,21,24)(H,26,27). The minimum Gasteiger partial charge on any atom is -0.477 e. The molecule has 0 spiro atoms. The van der Waals surface area contributed by atoms with E-state index in [2.05, 4.69) is 5.32 Å². The number of benzene rings is 1. The van der Waals surface area contributed by atoms with Crippen molar-refractivity contribution >= 4 is 41.3 Å². The fourth-order valence-corrected chi connectivity index (χ4v) is 6.19. The van der Waals surface area contributed by atoms with Crippen LogP contribution in [-0.2, 0) is 20.9 Å². The molecule has 29 heavy (non-hydrogen) atoms. The molecule has 1 aromatic rings. The molecule has 3 atom stereocenters. The Balaban J connectivity index is 1.47. The van der Waals surface area contributed by atoms with Gasteiger partial charge in [-0.3, -0.25) is 14.5 Å². The number of hydrogen-bond acceptors (Lipinski definition) is 6. The van der Waals surface area contributed by atoms with Crippen molar-refractivity contribution in [2.45, 2.75) is 44.2 Å². The summed E-state index contributed by atoms with van der Waals surface area (Å²) in [6.07, 6.45) is 0.638. The quantitative estimate of drug-likeness (QED) is 0.382. The molecule has 0 saturated carbocycles. The number of carbonyl (C=O) groups is 3. The highest BCUT2D eigenvalue weighted by molar-refractivity contribution is 8.22. The van der Waals surface area contributed by atoms with Gasteiger partial charge in [0.25, 0.3) is 0 Å². The zero-order valence-electron chi connectivity index (χ0n) is 16.0. The van der Waals surface area contributed by atoms with Gasteiger partial charge >= 0.3 is 5.97 Å². The topological polar surface area (TPSA) is 107 Å². The minimum absolute atomic E-state index is 0.00285. The lowest BCUT2D eigenvalue weighted by atomic mass is 9.90. The van der Waals surface area contributed by atoms with E-state index in [0.717, 1.165) is 5.56 Å². The number of nitrogens with zero attached hydrogens (tertiary/aromatic N) is 1. The maximum atomic E-state index is 12.3. The van der Waals surface area contributed by atoms with Crippen LogP contribution in [0.25, 0.3) is 0 Å². The number of carbonyl (C=O) groups excluding carboxylic acids is 2. The van der Waals surface area contributed by atoms with E-state index in [0.29, 0.717) is 35.8 Å². The first-order valence-electron chi connectivity index (χ1n) is 9.52. The van der Waals surface area contributed by atoms with Crippen LogP contribution in [0.4, 0.5) is 0 Å². The van der Waals surface area contributed by atoms with E-state index in [9.17, 15) is 24.6 Å². The predicted molar refractivity (Wildman–Crippen MR) is 113 cm³/mol. The second-order valence-electron chi connectivity index (χ2n) is 6.87. The SMILES string of the molecule is CCC(O)C1C(=O)N2C(C(=O)O)=C(SCCCC(=O)NCc3ccccc3)SC12. The van der Waals surface area contributed by atoms with E-state index in [1.54, 1.807) is 6.92 Å². The predicted octanol–water partition coefficient (Wildman–Crippen LogP) is 2.37. The summed E-state index contributed by atoms with van der Waals surface area (Å²) < 4.78 is 0.575. The van der Waals surface area contributed by atoms with Gasteiger partial charge in [0.15, 0.2) is 5.70 Å². The molecule has 2 heterocycles. The maximum absolute atomic E-state index is 12.3.